The Morgan fingerprint density at radius 2 is 1.92 bits per heavy atom. The first-order chi connectivity index (χ1) is 12.1. The molecule has 0 saturated heterocycles. The zero-order chi connectivity index (χ0) is 19.1. The number of fused-ring (bicyclic) bond motifs is 1. The second-order valence-corrected chi connectivity index (χ2v) is 6.61. The molecule has 2 aromatic rings. The summed E-state index contributed by atoms with van der Waals surface area (Å²) in [4.78, 5) is 12.6. The third kappa shape index (κ3) is 3.44. The van der Waals surface area contributed by atoms with E-state index in [0.29, 0.717) is 27.6 Å². The Hall–Kier alpha value is -2.41. The van der Waals surface area contributed by atoms with E-state index in [9.17, 15) is 18.0 Å². The van der Waals surface area contributed by atoms with Crippen molar-refractivity contribution in [3.63, 3.8) is 0 Å². The van der Waals surface area contributed by atoms with Crippen molar-refractivity contribution in [1.82, 2.24) is 0 Å². The highest BCUT2D eigenvalue weighted by atomic mass is 35.5. The molecule has 26 heavy (non-hydrogen) atoms. The van der Waals surface area contributed by atoms with Gasteiger partial charge in [-0.3, -0.25) is 4.79 Å². The molecule has 1 aliphatic rings. The Bertz CT molecular complexity index is 869. The topological polar surface area (TPSA) is 47.6 Å². The molecule has 1 unspecified atom stereocenters. The monoisotopic (exact) mass is 385 g/mol. The molecule has 1 N–H and O–H groups in total. The van der Waals surface area contributed by atoms with Gasteiger partial charge in [-0.1, -0.05) is 11.6 Å². The molecule has 1 heterocycles. The Morgan fingerprint density at radius 3 is 2.58 bits per heavy atom. The minimum atomic E-state index is -4.81. The largest absolute Gasteiger partial charge is 0.573 e. The van der Waals surface area contributed by atoms with E-state index in [4.69, 9.17) is 16.3 Å². The molecule has 2 aromatic carbocycles. The fourth-order valence-electron chi connectivity index (χ4n) is 3.11. The first kappa shape index (κ1) is 18.4. The first-order valence-electron chi connectivity index (χ1n) is 7.66. The summed E-state index contributed by atoms with van der Waals surface area (Å²) >= 11 is 6.04. The van der Waals surface area contributed by atoms with Crippen LogP contribution in [0, 0.1) is 0 Å². The van der Waals surface area contributed by atoms with E-state index in [2.05, 4.69) is 10.1 Å². The molecule has 0 aliphatic carbocycles. The van der Waals surface area contributed by atoms with Crippen LogP contribution in [0.1, 0.15) is 18.1 Å². The summed E-state index contributed by atoms with van der Waals surface area (Å²) in [7, 11) is 1.49. The third-order valence-electron chi connectivity index (χ3n) is 4.35. The lowest BCUT2D eigenvalue weighted by Gasteiger charge is -2.24. The number of rotatable bonds is 4. The number of hydrogen-bond acceptors (Lipinski definition) is 3. The molecule has 138 valence electrons. The maximum absolute atomic E-state index is 12.6. The van der Waals surface area contributed by atoms with Gasteiger partial charge in [0.15, 0.2) is 0 Å². The van der Waals surface area contributed by atoms with Crippen LogP contribution in [0.4, 0.5) is 18.9 Å². The smallest absolute Gasteiger partial charge is 0.496 e. The zero-order valence-electron chi connectivity index (χ0n) is 13.9. The van der Waals surface area contributed by atoms with Crippen molar-refractivity contribution in [2.75, 3.05) is 12.4 Å². The number of nitrogens with one attached hydrogen (secondary N) is 1. The lowest BCUT2D eigenvalue weighted by atomic mass is 9.78. The number of alkyl halides is 3. The minimum Gasteiger partial charge on any atom is -0.496 e. The van der Waals surface area contributed by atoms with Crippen molar-refractivity contribution < 1.29 is 27.4 Å². The molecule has 0 fully saturated rings. The maximum atomic E-state index is 12.6. The van der Waals surface area contributed by atoms with Gasteiger partial charge in [-0.25, -0.2) is 0 Å². The van der Waals surface area contributed by atoms with E-state index in [1.54, 1.807) is 25.1 Å². The average Bonchev–Trinajstić information content (AvgIpc) is 2.77. The summed E-state index contributed by atoms with van der Waals surface area (Å²) in [6.45, 7) is 1.66. The molecular formula is C18H15ClF3NO3. The Kier molecular flexibility index (Phi) is 4.52. The van der Waals surface area contributed by atoms with E-state index in [0.717, 1.165) is 6.07 Å². The summed E-state index contributed by atoms with van der Waals surface area (Å²) in [6.07, 6.45) is -4.61. The normalized spacial score (nSPS) is 19.1. The maximum Gasteiger partial charge on any atom is 0.573 e. The van der Waals surface area contributed by atoms with E-state index in [1.807, 2.05) is 0 Å². The molecule has 8 heteroatoms. The quantitative estimate of drug-likeness (QED) is 0.829. The molecule has 0 spiro atoms. The Morgan fingerprint density at radius 1 is 1.19 bits per heavy atom. The first-order valence-corrected chi connectivity index (χ1v) is 8.04. The number of anilines is 1. The fraction of sp³-hybridized carbons (Fsp3) is 0.278. The summed E-state index contributed by atoms with van der Waals surface area (Å²) in [5.74, 6) is -0.157. The number of carbonyl (C=O) groups is 1. The van der Waals surface area contributed by atoms with Gasteiger partial charge in [-0.05, 0) is 60.9 Å². The van der Waals surface area contributed by atoms with Gasteiger partial charge in [-0.15, -0.1) is 13.2 Å². The van der Waals surface area contributed by atoms with Crippen molar-refractivity contribution in [2.45, 2.75) is 25.1 Å². The third-order valence-corrected chi connectivity index (χ3v) is 4.59. The second-order valence-electron chi connectivity index (χ2n) is 6.17. The van der Waals surface area contributed by atoms with Gasteiger partial charge < -0.3 is 14.8 Å². The van der Waals surface area contributed by atoms with Crippen LogP contribution in [0.25, 0.3) is 0 Å². The molecular weight excluding hydrogens is 371 g/mol. The molecule has 1 atom stereocenters. The number of halogens is 4. The van der Waals surface area contributed by atoms with Crippen molar-refractivity contribution in [2.24, 2.45) is 0 Å². The van der Waals surface area contributed by atoms with Crippen LogP contribution in [0.2, 0.25) is 5.02 Å². The number of ether oxygens (including phenoxy) is 2. The number of amides is 1. The molecule has 1 amide bonds. The van der Waals surface area contributed by atoms with Crippen LogP contribution < -0.4 is 14.8 Å². The van der Waals surface area contributed by atoms with E-state index in [-0.39, 0.29) is 18.1 Å². The number of carbonyl (C=O) groups excluding carboxylic acids is 1. The summed E-state index contributed by atoms with van der Waals surface area (Å²) in [5.41, 5.74) is 0.449. The highest BCUT2D eigenvalue weighted by Gasteiger charge is 2.44. The van der Waals surface area contributed by atoms with Gasteiger partial charge in [0.1, 0.15) is 11.5 Å². The molecule has 0 aromatic heterocycles. The summed E-state index contributed by atoms with van der Waals surface area (Å²) < 4.78 is 46.8. The minimum absolute atomic E-state index is 0.199. The van der Waals surface area contributed by atoms with Crippen LogP contribution in [0.15, 0.2) is 36.4 Å². The number of benzene rings is 2. The van der Waals surface area contributed by atoms with Crippen molar-refractivity contribution in [3.05, 3.63) is 52.5 Å². The highest BCUT2D eigenvalue weighted by Crippen LogP contribution is 2.43. The predicted molar refractivity (Wildman–Crippen MR) is 90.8 cm³/mol. The van der Waals surface area contributed by atoms with Crippen LogP contribution in [0.3, 0.4) is 0 Å². The molecule has 1 aliphatic heterocycles. The zero-order valence-corrected chi connectivity index (χ0v) is 14.7. The lowest BCUT2D eigenvalue weighted by Crippen LogP contribution is -2.33. The lowest BCUT2D eigenvalue weighted by molar-refractivity contribution is -0.274. The second kappa shape index (κ2) is 6.39. The van der Waals surface area contributed by atoms with Crippen molar-refractivity contribution >= 4 is 23.2 Å². The van der Waals surface area contributed by atoms with Crippen LogP contribution >= 0.6 is 11.6 Å². The van der Waals surface area contributed by atoms with Crippen molar-refractivity contribution in [1.29, 1.82) is 0 Å². The van der Waals surface area contributed by atoms with Crippen LogP contribution in [-0.4, -0.2) is 19.4 Å². The fourth-order valence-corrected chi connectivity index (χ4v) is 3.30. The van der Waals surface area contributed by atoms with E-state index >= 15 is 0 Å². The average molecular weight is 386 g/mol. The standard InChI is InChI=1S/C18H15ClF3NO3/c1-17(9-10-7-11(19)3-6-15(10)25-2)13-8-12(26-18(20,21)22)4-5-14(13)23-16(17)24/h3-8H,9H2,1-2H3,(H,23,24). The molecule has 0 bridgehead atoms. The van der Waals surface area contributed by atoms with Gasteiger partial charge >= 0.3 is 6.36 Å². The Labute approximate surface area is 152 Å². The van der Waals surface area contributed by atoms with Gasteiger partial charge in [0.2, 0.25) is 5.91 Å². The molecule has 4 nitrogen and oxygen atoms in total. The van der Waals surface area contributed by atoms with Crippen LogP contribution in [0.5, 0.6) is 11.5 Å². The van der Waals surface area contributed by atoms with E-state index < -0.39 is 11.8 Å². The van der Waals surface area contributed by atoms with Gasteiger partial charge in [0, 0.05) is 10.7 Å². The summed E-state index contributed by atoms with van der Waals surface area (Å²) in [5, 5.41) is 3.17. The van der Waals surface area contributed by atoms with Crippen LogP contribution in [-0.2, 0) is 16.6 Å². The van der Waals surface area contributed by atoms with Gasteiger partial charge in [0.25, 0.3) is 0 Å². The Balaban J connectivity index is 2.02. The van der Waals surface area contributed by atoms with Gasteiger partial charge in [0.05, 0.1) is 12.5 Å². The molecule has 0 saturated carbocycles. The van der Waals surface area contributed by atoms with Crippen molar-refractivity contribution in [3.8, 4) is 11.5 Å². The molecule has 3 rings (SSSR count). The number of hydrogen-bond donors (Lipinski definition) is 1. The summed E-state index contributed by atoms with van der Waals surface area (Å²) in [6, 6.07) is 8.81. The van der Waals surface area contributed by atoms with Gasteiger partial charge in [-0.2, -0.15) is 0 Å². The number of methoxy groups -OCH3 is 1. The predicted octanol–water partition coefficient (Wildman–Crippen LogP) is 4.70. The SMILES string of the molecule is COc1ccc(Cl)cc1CC1(C)C(=O)Nc2ccc(OC(F)(F)F)cc21. The highest BCUT2D eigenvalue weighted by molar-refractivity contribution is 6.30. The van der Waals surface area contributed by atoms with E-state index in [1.165, 1.54) is 19.2 Å². The molecule has 0 radical (unpaired) electrons.